The fourth-order valence-corrected chi connectivity index (χ4v) is 3.18. The second kappa shape index (κ2) is 9.30. The number of alkyl halides is 3. The van der Waals surface area contributed by atoms with Gasteiger partial charge in [0, 0.05) is 11.4 Å². The molecule has 2 atom stereocenters. The lowest BCUT2D eigenvalue weighted by molar-refractivity contribution is -0.885. The van der Waals surface area contributed by atoms with Crippen molar-refractivity contribution in [1.82, 2.24) is 0 Å². The van der Waals surface area contributed by atoms with Gasteiger partial charge in [-0.2, -0.15) is 13.2 Å². The van der Waals surface area contributed by atoms with Crippen molar-refractivity contribution in [1.29, 1.82) is 0 Å². The highest BCUT2D eigenvalue weighted by molar-refractivity contribution is 5.95. The summed E-state index contributed by atoms with van der Waals surface area (Å²) in [5, 5.41) is 5.49. The van der Waals surface area contributed by atoms with Crippen molar-refractivity contribution in [2.24, 2.45) is 0 Å². The van der Waals surface area contributed by atoms with Gasteiger partial charge < -0.3 is 15.5 Å². The van der Waals surface area contributed by atoms with E-state index in [0.717, 1.165) is 34.5 Å². The smallest absolute Gasteiger partial charge is 0.321 e. The Morgan fingerprint density at radius 3 is 2.03 bits per heavy atom. The summed E-state index contributed by atoms with van der Waals surface area (Å²) in [5.74, 6) is -0.612. The molecule has 2 aromatic carbocycles. The van der Waals surface area contributed by atoms with E-state index >= 15 is 0 Å². The van der Waals surface area contributed by atoms with Crippen LogP contribution in [-0.4, -0.2) is 31.4 Å². The molecule has 2 rings (SSSR count). The maximum Gasteiger partial charge on any atom is 0.416 e. The number of likely N-dealkylation sites (N-methyl/N-ethyl adjacent to an activating group) is 1. The number of benzene rings is 2. The number of anilines is 2. The van der Waals surface area contributed by atoms with Gasteiger partial charge in [-0.05, 0) is 63.1 Å². The van der Waals surface area contributed by atoms with Crippen molar-refractivity contribution < 1.29 is 27.7 Å². The third kappa shape index (κ3) is 6.06. The van der Waals surface area contributed by atoms with Crippen LogP contribution in [-0.2, 0) is 15.8 Å². The number of rotatable bonds is 6. The Morgan fingerprint density at radius 2 is 1.53 bits per heavy atom. The Hall–Kier alpha value is -2.87. The molecule has 0 saturated heterocycles. The van der Waals surface area contributed by atoms with Crippen molar-refractivity contribution in [3.63, 3.8) is 0 Å². The zero-order valence-electron chi connectivity index (χ0n) is 17.7. The summed E-state index contributed by atoms with van der Waals surface area (Å²) in [4.78, 5) is 25.5. The van der Waals surface area contributed by atoms with E-state index in [4.69, 9.17) is 0 Å². The summed E-state index contributed by atoms with van der Waals surface area (Å²) in [6, 6.07) is 7.63. The highest BCUT2D eigenvalue weighted by Gasteiger charge is 2.30. The molecule has 1 unspecified atom stereocenters. The van der Waals surface area contributed by atoms with Crippen LogP contribution in [0.3, 0.4) is 0 Å². The summed E-state index contributed by atoms with van der Waals surface area (Å²) in [7, 11) is 1.71. The first-order valence-electron chi connectivity index (χ1n) is 9.56. The third-order valence-corrected chi connectivity index (χ3v) is 4.99. The van der Waals surface area contributed by atoms with Crippen molar-refractivity contribution in [2.75, 3.05) is 24.2 Å². The van der Waals surface area contributed by atoms with Gasteiger partial charge in [0.2, 0.25) is 0 Å². The van der Waals surface area contributed by atoms with Gasteiger partial charge in [0.25, 0.3) is 11.8 Å². The van der Waals surface area contributed by atoms with Gasteiger partial charge in [0.05, 0.1) is 12.6 Å². The third-order valence-electron chi connectivity index (χ3n) is 4.99. The lowest BCUT2D eigenvalue weighted by Gasteiger charge is -2.21. The van der Waals surface area contributed by atoms with E-state index in [2.05, 4.69) is 10.6 Å². The average molecular weight is 422 g/mol. The van der Waals surface area contributed by atoms with Crippen molar-refractivity contribution in [3.8, 4) is 0 Å². The number of amides is 2. The van der Waals surface area contributed by atoms with Gasteiger partial charge in [0.1, 0.15) is 0 Å². The Kier molecular flexibility index (Phi) is 7.25. The molecule has 0 aliphatic carbocycles. The van der Waals surface area contributed by atoms with Crippen LogP contribution in [0.1, 0.15) is 29.2 Å². The maximum atomic E-state index is 12.6. The Labute approximate surface area is 174 Å². The monoisotopic (exact) mass is 422 g/mol. The average Bonchev–Trinajstić information content (AvgIpc) is 2.63. The molecular weight excluding hydrogens is 395 g/mol. The largest absolute Gasteiger partial charge is 0.416 e. The summed E-state index contributed by atoms with van der Waals surface area (Å²) >= 11 is 0. The molecule has 0 spiro atoms. The molecule has 0 fully saturated rings. The standard InChI is InChI=1S/C22H26F3N3O2/c1-13-10-14(2)20(15(3)11-13)27-19(29)12-28(5)16(4)21(30)26-18-8-6-17(7-9-18)22(23,24)25/h6-11,16H,12H2,1-5H3,(H,26,30)(H,27,29)/p+1/t16-/m0/s1. The molecule has 0 radical (unpaired) electrons. The molecule has 5 nitrogen and oxygen atoms in total. The van der Waals surface area contributed by atoms with Gasteiger partial charge in [-0.25, -0.2) is 0 Å². The van der Waals surface area contributed by atoms with Gasteiger partial charge in [-0.15, -0.1) is 0 Å². The van der Waals surface area contributed by atoms with E-state index in [1.165, 1.54) is 12.1 Å². The highest BCUT2D eigenvalue weighted by Crippen LogP contribution is 2.29. The zero-order chi connectivity index (χ0) is 22.6. The summed E-state index contributed by atoms with van der Waals surface area (Å²) < 4.78 is 37.9. The fourth-order valence-electron chi connectivity index (χ4n) is 3.18. The molecule has 0 heterocycles. The number of carbonyl (C=O) groups excluding carboxylic acids is 2. The lowest BCUT2D eigenvalue weighted by atomic mass is 10.1. The number of aryl methyl sites for hydroxylation is 3. The number of halogens is 3. The Morgan fingerprint density at radius 1 is 1.00 bits per heavy atom. The van der Waals surface area contributed by atoms with E-state index in [1.807, 2.05) is 32.9 Å². The van der Waals surface area contributed by atoms with Gasteiger partial charge >= 0.3 is 6.18 Å². The van der Waals surface area contributed by atoms with Gasteiger partial charge in [-0.3, -0.25) is 9.59 Å². The molecule has 0 bridgehead atoms. The summed E-state index contributed by atoms with van der Waals surface area (Å²) in [6.45, 7) is 7.55. The van der Waals surface area contributed by atoms with Crippen LogP contribution in [0, 0.1) is 20.8 Å². The maximum absolute atomic E-state index is 12.6. The molecule has 2 aromatic rings. The van der Waals surface area contributed by atoms with E-state index in [9.17, 15) is 22.8 Å². The molecule has 30 heavy (non-hydrogen) atoms. The zero-order valence-corrected chi connectivity index (χ0v) is 17.7. The van der Waals surface area contributed by atoms with E-state index in [-0.39, 0.29) is 24.0 Å². The molecule has 3 N–H and O–H groups in total. The van der Waals surface area contributed by atoms with Crippen LogP contribution in [0.25, 0.3) is 0 Å². The first-order valence-corrected chi connectivity index (χ1v) is 9.56. The molecule has 0 saturated carbocycles. The molecule has 162 valence electrons. The van der Waals surface area contributed by atoms with E-state index in [0.29, 0.717) is 4.90 Å². The topological polar surface area (TPSA) is 62.6 Å². The van der Waals surface area contributed by atoms with Crippen LogP contribution < -0.4 is 15.5 Å². The van der Waals surface area contributed by atoms with Crippen molar-refractivity contribution >= 4 is 23.2 Å². The first kappa shape index (κ1) is 23.4. The van der Waals surface area contributed by atoms with Gasteiger partial charge in [-0.1, -0.05) is 17.7 Å². The molecule has 8 heteroatoms. The second-order valence-electron chi connectivity index (χ2n) is 7.63. The second-order valence-corrected chi connectivity index (χ2v) is 7.63. The minimum Gasteiger partial charge on any atom is -0.321 e. The van der Waals surface area contributed by atoms with Crippen molar-refractivity contribution in [3.05, 3.63) is 58.7 Å². The Balaban J connectivity index is 1.95. The van der Waals surface area contributed by atoms with Crippen LogP contribution >= 0.6 is 0 Å². The Bertz CT molecular complexity index is 901. The number of nitrogens with one attached hydrogen (secondary N) is 3. The number of quaternary nitrogens is 1. The van der Waals surface area contributed by atoms with Crippen LogP contribution in [0.15, 0.2) is 36.4 Å². The number of hydrogen-bond donors (Lipinski definition) is 3. The number of carbonyl (C=O) groups is 2. The molecular formula is C22H27F3N3O2+. The minimum atomic E-state index is -4.43. The van der Waals surface area contributed by atoms with E-state index < -0.39 is 17.8 Å². The molecule has 2 amide bonds. The van der Waals surface area contributed by atoms with E-state index in [1.54, 1.807) is 14.0 Å². The SMILES string of the molecule is Cc1cc(C)c(NC(=O)C[NH+](C)[C@@H](C)C(=O)Nc2ccc(C(F)(F)F)cc2)c(C)c1. The summed E-state index contributed by atoms with van der Waals surface area (Å²) in [5.41, 5.74) is 3.29. The van der Waals surface area contributed by atoms with Gasteiger partial charge in [0.15, 0.2) is 12.6 Å². The molecule has 0 aliphatic rings. The van der Waals surface area contributed by atoms with Crippen LogP contribution in [0.4, 0.5) is 24.5 Å². The molecule has 0 aliphatic heterocycles. The first-order chi connectivity index (χ1) is 13.9. The minimum absolute atomic E-state index is 0.0638. The predicted molar refractivity (Wildman–Crippen MR) is 111 cm³/mol. The van der Waals surface area contributed by atoms with Crippen molar-refractivity contribution in [2.45, 2.75) is 39.9 Å². The normalized spacial score (nSPS) is 13.5. The quantitative estimate of drug-likeness (QED) is 0.670. The fraction of sp³-hybridized carbons (Fsp3) is 0.364. The molecule has 0 aromatic heterocycles. The summed E-state index contributed by atoms with van der Waals surface area (Å²) in [6.07, 6.45) is -4.43. The predicted octanol–water partition coefficient (Wildman–Crippen LogP) is 3.11. The number of hydrogen-bond acceptors (Lipinski definition) is 2. The van der Waals surface area contributed by atoms with Crippen LogP contribution in [0.2, 0.25) is 0 Å². The van der Waals surface area contributed by atoms with Crippen LogP contribution in [0.5, 0.6) is 0 Å². The highest BCUT2D eigenvalue weighted by atomic mass is 19.4. The lowest BCUT2D eigenvalue weighted by Crippen LogP contribution is -3.14.